The second-order valence-corrected chi connectivity index (χ2v) is 4.90. The van der Waals surface area contributed by atoms with Crippen LogP contribution in [0.3, 0.4) is 0 Å². The maximum atomic E-state index is 4.24. The molecular formula is C13H21N5. The van der Waals surface area contributed by atoms with Crippen molar-refractivity contribution in [2.45, 2.75) is 45.9 Å². The van der Waals surface area contributed by atoms with Gasteiger partial charge in [0.2, 0.25) is 0 Å². The molecule has 0 spiro atoms. The van der Waals surface area contributed by atoms with Gasteiger partial charge in [-0.15, -0.1) is 0 Å². The van der Waals surface area contributed by atoms with Gasteiger partial charge in [0, 0.05) is 31.2 Å². The molecule has 0 radical (unpaired) electrons. The van der Waals surface area contributed by atoms with Crippen molar-refractivity contribution in [3.63, 3.8) is 0 Å². The lowest BCUT2D eigenvalue weighted by Gasteiger charge is -2.17. The Balaban J connectivity index is 2.01. The molecule has 0 aliphatic carbocycles. The maximum absolute atomic E-state index is 4.24. The van der Waals surface area contributed by atoms with Gasteiger partial charge in [0.1, 0.15) is 0 Å². The lowest BCUT2D eigenvalue weighted by atomic mass is 10.3. The first-order chi connectivity index (χ1) is 8.66. The molecule has 2 aromatic rings. The molecule has 5 nitrogen and oxygen atoms in total. The Bertz CT molecular complexity index is 457. The molecule has 5 heteroatoms. The minimum absolute atomic E-state index is 0.344. The normalized spacial score (nSPS) is 13.1. The number of imidazole rings is 1. The molecule has 2 rings (SSSR count). The Morgan fingerprint density at radius 1 is 1.33 bits per heavy atom. The predicted octanol–water partition coefficient (Wildman–Crippen LogP) is 1.84. The summed E-state index contributed by atoms with van der Waals surface area (Å²) in [5.41, 5.74) is 1.21. The summed E-state index contributed by atoms with van der Waals surface area (Å²) in [5, 5.41) is 7.66. The van der Waals surface area contributed by atoms with Crippen LogP contribution in [0.5, 0.6) is 0 Å². The molecule has 1 atom stereocenters. The van der Waals surface area contributed by atoms with Crippen molar-refractivity contribution in [1.29, 1.82) is 0 Å². The number of rotatable bonds is 6. The second kappa shape index (κ2) is 5.82. The van der Waals surface area contributed by atoms with Gasteiger partial charge in [-0.1, -0.05) is 13.8 Å². The molecule has 0 aliphatic rings. The van der Waals surface area contributed by atoms with Gasteiger partial charge in [-0.05, 0) is 13.0 Å². The van der Waals surface area contributed by atoms with Crippen molar-refractivity contribution in [2.75, 3.05) is 0 Å². The molecule has 0 amide bonds. The van der Waals surface area contributed by atoms with Crippen LogP contribution in [0, 0.1) is 0 Å². The summed E-state index contributed by atoms with van der Waals surface area (Å²) in [4.78, 5) is 4.24. The van der Waals surface area contributed by atoms with Gasteiger partial charge < -0.3 is 9.88 Å². The van der Waals surface area contributed by atoms with Crippen LogP contribution in [0.4, 0.5) is 0 Å². The minimum atomic E-state index is 0.344. The summed E-state index contributed by atoms with van der Waals surface area (Å²) in [6, 6.07) is 2.77. The van der Waals surface area contributed by atoms with Crippen LogP contribution < -0.4 is 5.32 Å². The zero-order chi connectivity index (χ0) is 13.0. The second-order valence-electron chi connectivity index (χ2n) is 4.90. The fourth-order valence-electron chi connectivity index (χ4n) is 1.94. The molecular weight excluding hydrogens is 226 g/mol. The van der Waals surface area contributed by atoms with Crippen molar-refractivity contribution in [3.05, 3.63) is 36.7 Å². The molecule has 1 unspecified atom stereocenters. The summed E-state index contributed by atoms with van der Waals surface area (Å²) in [6.07, 6.45) is 7.61. The summed E-state index contributed by atoms with van der Waals surface area (Å²) in [5.74, 6) is 0. The summed E-state index contributed by atoms with van der Waals surface area (Å²) < 4.78 is 4.15. The van der Waals surface area contributed by atoms with Crippen molar-refractivity contribution in [3.8, 4) is 0 Å². The van der Waals surface area contributed by atoms with Crippen LogP contribution in [0.2, 0.25) is 0 Å². The Morgan fingerprint density at radius 3 is 2.83 bits per heavy atom. The highest BCUT2D eigenvalue weighted by atomic mass is 15.3. The minimum Gasteiger partial charge on any atom is -0.329 e. The van der Waals surface area contributed by atoms with Gasteiger partial charge in [-0.3, -0.25) is 4.68 Å². The zero-order valence-electron chi connectivity index (χ0n) is 11.2. The molecule has 0 aromatic carbocycles. The third kappa shape index (κ3) is 3.20. The monoisotopic (exact) mass is 247 g/mol. The highest BCUT2D eigenvalue weighted by Gasteiger charge is 2.10. The fourth-order valence-corrected chi connectivity index (χ4v) is 1.94. The van der Waals surface area contributed by atoms with Crippen molar-refractivity contribution < 1.29 is 0 Å². The topological polar surface area (TPSA) is 47.7 Å². The van der Waals surface area contributed by atoms with Crippen LogP contribution in [-0.4, -0.2) is 25.4 Å². The maximum Gasteiger partial charge on any atom is 0.0951 e. The zero-order valence-corrected chi connectivity index (χ0v) is 11.2. The lowest BCUT2D eigenvalue weighted by molar-refractivity contribution is 0.420. The largest absolute Gasteiger partial charge is 0.329 e. The quantitative estimate of drug-likeness (QED) is 0.847. The van der Waals surface area contributed by atoms with E-state index >= 15 is 0 Å². The van der Waals surface area contributed by atoms with E-state index in [1.165, 1.54) is 5.69 Å². The van der Waals surface area contributed by atoms with Crippen LogP contribution in [0.25, 0.3) is 0 Å². The molecule has 0 bridgehead atoms. The van der Waals surface area contributed by atoms with E-state index in [4.69, 9.17) is 0 Å². The number of nitrogens with one attached hydrogen (secondary N) is 1. The van der Waals surface area contributed by atoms with Gasteiger partial charge >= 0.3 is 0 Å². The van der Waals surface area contributed by atoms with Gasteiger partial charge in [0.15, 0.2) is 0 Å². The first-order valence-corrected chi connectivity index (χ1v) is 6.38. The van der Waals surface area contributed by atoms with Crippen LogP contribution in [0.1, 0.15) is 32.5 Å². The summed E-state index contributed by atoms with van der Waals surface area (Å²) >= 11 is 0. The molecule has 98 valence electrons. The average molecular weight is 247 g/mol. The van der Waals surface area contributed by atoms with E-state index in [1.807, 2.05) is 35.7 Å². The van der Waals surface area contributed by atoms with Crippen LogP contribution in [0.15, 0.2) is 31.0 Å². The smallest absolute Gasteiger partial charge is 0.0951 e. The van der Waals surface area contributed by atoms with E-state index < -0.39 is 0 Å². The van der Waals surface area contributed by atoms with Gasteiger partial charge in [-0.25, -0.2) is 4.98 Å². The Hall–Kier alpha value is -1.62. The first-order valence-electron chi connectivity index (χ1n) is 6.38. The van der Waals surface area contributed by atoms with Gasteiger partial charge in [-0.2, -0.15) is 5.10 Å². The highest BCUT2D eigenvalue weighted by Crippen LogP contribution is 2.12. The molecule has 2 heterocycles. The molecule has 1 N–H and O–H groups in total. The van der Waals surface area contributed by atoms with E-state index in [1.54, 1.807) is 0 Å². The van der Waals surface area contributed by atoms with E-state index in [9.17, 15) is 0 Å². The predicted molar refractivity (Wildman–Crippen MR) is 71.1 cm³/mol. The van der Waals surface area contributed by atoms with Gasteiger partial charge in [0.25, 0.3) is 0 Å². The summed E-state index contributed by atoms with van der Waals surface area (Å²) in [7, 11) is 0. The molecule has 18 heavy (non-hydrogen) atoms. The molecule has 2 aromatic heterocycles. The molecule has 0 fully saturated rings. The van der Waals surface area contributed by atoms with Crippen molar-refractivity contribution in [1.82, 2.24) is 24.6 Å². The summed E-state index contributed by atoms with van der Waals surface area (Å²) in [6.45, 7) is 8.18. The third-order valence-electron chi connectivity index (χ3n) is 2.92. The average Bonchev–Trinajstić information content (AvgIpc) is 2.96. The van der Waals surface area contributed by atoms with E-state index in [2.05, 4.69) is 40.7 Å². The lowest BCUT2D eigenvalue weighted by Crippen LogP contribution is -2.24. The fraction of sp³-hybridized carbons (Fsp3) is 0.538. The van der Waals surface area contributed by atoms with Crippen molar-refractivity contribution >= 4 is 0 Å². The van der Waals surface area contributed by atoms with Crippen LogP contribution in [-0.2, 0) is 13.1 Å². The highest BCUT2D eigenvalue weighted by molar-refractivity contribution is 5.00. The number of hydrogen-bond donors (Lipinski definition) is 1. The van der Waals surface area contributed by atoms with E-state index in [0.29, 0.717) is 12.1 Å². The Labute approximate surface area is 108 Å². The number of aromatic nitrogens is 4. The van der Waals surface area contributed by atoms with Crippen LogP contribution >= 0.6 is 0 Å². The Morgan fingerprint density at radius 2 is 2.17 bits per heavy atom. The standard InChI is InChI=1S/C13H21N5/c1-11(2)15-8-13-7-14-10-18(13)12(3)9-17-6-4-5-16-17/h4-7,10-12,15H,8-9H2,1-3H3. The van der Waals surface area contributed by atoms with Crippen molar-refractivity contribution in [2.24, 2.45) is 0 Å². The van der Waals surface area contributed by atoms with Gasteiger partial charge in [0.05, 0.1) is 24.6 Å². The first kappa shape index (κ1) is 12.8. The number of hydrogen-bond acceptors (Lipinski definition) is 3. The number of nitrogens with zero attached hydrogens (tertiary/aromatic N) is 4. The molecule has 0 saturated carbocycles. The SMILES string of the molecule is CC(C)NCc1cncn1C(C)Cn1cccn1. The molecule has 0 saturated heterocycles. The Kier molecular flexibility index (Phi) is 4.15. The molecule has 0 aliphatic heterocycles. The van der Waals surface area contributed by atoms with E-state index in [0.717, 1.165) is 13.1 Å². The van der Waals surface area contributed by atoms with E-state index in [-0.39, 0.29) is 0 Å². The third-order valence-corrected chi connectivity index (χ3v) is 2.92.